The Hall–Kier alpha value is -1.75. The van der Waals surface area contributed by atoms with Gasteiger partial charge in [0.1, 0.15) is 6.54 Å². The summed E-state index contributed by atoms with van der Waals surface area (Å²) in [5.41, 5.74) is 0.848. The van der Waals surface area contributed by atoms with Crippen LogP contribution in [0.2, 0.25) is 15.1 Å². The third-order valence-electron chi connectivity index (χ3n) is 3.39. The van der Waals surface area contributed by atoms with Crippen molar-refractivity contribution in [3.05, 3.63) is 63.1 Å². The highest BCUT2D eigenvalue weighted by atomic mass is 35.5. The van der Waals surface area contributed by atoms with E-state index >= 15 is 0 Å². The van der Waals surface area contributed by atoms with Crippen LogP contribution in [0.4, 0.5) is 5.69 Å². The molecule has 0 saturated carbocycles. The molecule has 0 atom stereocenters. The highest BCUT2D eigenvalue weighted by molar-refractivity contribution is 6.35. The Morgan fingerprint density at radius 1 is 1.04 bits per heavy atom. The number of benzene rings is 2. The quantitative estimate of drug-likeness (QED) is 0.731. The fraction of sp³-hybridized carbons (Fsp3) is 0.222. The zero-order valence-electron chi connectivity index (χ0n) is 13.6. The van der Waals surface area contributed by atoms with Gasteiger partial charge in [-0.05, 0) is 42.8 Å². The summed E-state index contributed by atoms with van der Waals surface area (Å²) in [4.78, 5) is 26.4. The van der Waals surface area contributed by atoms with E-state index in [1.54, 1.807) is 42.5 Å². The summed E-state index contributed by atoms with van der Waals surface area (Å²) in [6.07, 6.45) is 0.720. The number of carbonyl (C=O) groups is 2. The molecule has 0 radical (unpaired) electrons. The minimum atomic E-state index is -0.354. The van der Waals surface area contributed by atoms with E-state index in [2.05, 4.69) is 5.32 Å². The average molecular weight is 400 g/mol. The summed E-state index contributed by atoms with van der Waals surface area (Å²) < 4.78 is 0. The molecule has 0 fully saturated rings. The minimum absolute atomic E-state index is 0.0952. The predicted molar refractivity (Wildman–Crippen MR) is 103 cm³/mol. The maximum atomic E-state index is 12.6. The van der Waals surface area contributed by atoms with Gasteiger partial charge < -0.3 is 10.2 Å². The fourth-order valence-corrected chi connectivity index (χ4v) is 2.81. The number of rotatable bonds is 6. The van der Waals surface area contributed by atoms with Gasteiger partial charge in [-0.25, -0.2) is 0 Å². The van der Waals surface area contributed by atoms with Crippen molar-refractivity contribution in [2.24, 2.45) is 0 Å². The molecule has 0 aliphatic carbocycles. The second-order valence-corrected chi connectivity index (χ2v) is 6.69. The lowest BCUT2D eigenvalue weighted by atomic mass is 10.2. The molecule has 1 N–H and O–H groups in total. The summed E-state index contributed by atoms with van der Waals surface area (Å²) in [6.45, 7) is 2.29. The summed E-state index contributed by atoms with van der Waals surface area (Å²) >= 11 is 17.9. The summed E-state index contributed by atoms with van der Waals surface area (Å²) in [6, 6.07) is 11.4. The first-order valence-electron chi connectivity index (χ1n) is 7.70. The Kier molecular flexibility index (Phi) is 7.12. The molecule has 0 unspecified atom stereocenters. The van der Waals surface area contributed by atoms with Gasteiger partial charge in [-0.1, -0.05) is 47.8 Å². The zero-order chi connectivity index (χ0) is 18.4. The number of hydrogen-bond acceptors (Lipinski definition) is 2. The van der Waals surface area contributed by atoms with Crippen LogP contribution in [0.1, 0.15) is 23.7 Å². The van der Waals surface area contributed by atoms with Gasteiger partial charge in [-0.2, -0.15) is 0 Å². The van der Waals surface area contributed by atoms with Crippen LogP contribution in [-0.4, -0.2) is 29.8 Å². The van der Waals surface area contributed by atoms with Crippen molar-refractivity contribution in [1.82, 2.24) is 4.90 Å². The Bertz CT molecular complexity index is 781. The van der Waals surface area contributed by atoms with Gasteiger partial charge in [0.25, 0.3) is 5.91 Å². The van der Waals surface area contributed by atoms with Gasteiger partial charge in [0.2, 0.25) is 5.91 Å². The Morgan fingerprint density at radius 3 is 2.44 bits per heavy atom. The summed E-state index contributed by atoms with van der Waals surface area (Å²) in [5, 5.41) is 3.99. The molecule has 2 amide bonds. The molecule has 2 aromatic rings. The molecular weight excluding hydrogens is 383 g/mol. The number of nitrogens with one attached hydrogen (secondary N) is 1. The highest BCUT2D eigenvalue weighted by Gasteiger charge is 2.19. The van der Waals surface area contributed by atoms with Crippen molar-refractivity contribution >= 4 is 52.3 Å². The van der Waals surface area contributed by atoms with E-state index in [9.17, 15) is 9.59 Å². The molecule has 0 saturated heterocycles. The van der Waals surface area contributed by atoms with Crippen LogP contribution < -0.4 is 5.32 Å². The van der Waals surface area contributed by atoms with E-state index in [0.29, 0.717) is 32.9 Å². The van der Waals surface area contributed by atoms with Gasteiger partial charge in [0.05, 0.1) is 10.7 Å². The van der Waals surface area contributed by atoms with E-state index < -0.39 is 0 Å². The maximum absolute atomic E-state index is 12.6. The number of carbonyl (C=O) groups excluding carboxylic acids is 2. The van der Waals surface area contributed by atoms with Crippen LogP contribution in [0, 0.1) is 0 Å². The van der Waals surface area contributed by atoms with Gasteiger partial charge in [-0.3, -0.25) is 9.59 Å². The van der Waals surface area contributed by atoms with Crippen LogP contribution in [0.15, 0.2) is 42.5 Å². The maximum Gasteiger partial charge on any atom is 0.254 e. The normalized spacial score (nSPS) is 10.4. The molecule has 0 aliphatic rings. The standard InChI is InChI=1S/C18H17Cl3N2O2/c1-2-8-23(18(25)12-4-3-5-13(19)9-12)11-17(24)22-16-10-14(20)6-7-15(16)21/h3-7,9-10H,2,8,11H2,1H3,(H,22,24). The topological polar surface area (TPSA) is 49.4 Å². The Labute approximate surface area is 161 Å². The number of nitrogens with zero attached hydrogens (tertiary/aromatic N) is 1. The number of amides is 2. The van der Waals surface area contributed by atoms with Gasteiger partial charge in [0, 0.05) is 22.2 Å². The van der Waals surface area contributed by atoms with Crippen LogP contribution in [0.3, 0.4) is 0 Å². The second-order valence-electron chi connectivity index (χ2n) is 5.41. The Balaban J connectivity index is 2.11. The lowest BCUT2D eigenvalue weighted by Gasteiger charge is -2.22. The molecule has 0 spiro atoms. The first-order chi connectivity index (χ1) is 11.9. The van der Waals surface area contributed by atoms with Gasteiger partial charge >= 0.3 is 0 Å². The molecule has 7 heteroatoms. The minimum Gasteiger partial charge on any atom is -0.329 e. The molecule has 0 aromatic heterocycles. The van der Waals surface area contributed by atoms with Crippen molar-refractivity contribution in [3.63, 3.8) is 0 Å². The van der Waals surface area contributed by atoms with E-state index in [1.165, 1.54) is 4.90 Å². The lowest BCUT2D eigenvalue weighted by molar-refractivity contribution is -0.116. The number of halogens is 3. The van der Waals surface area contributed by atoms with E-state index in [0.717, 1.165) is 6.42 Å². The van der Waals surface area contributed by atoms with E-state index in [-0.39, 0.29) is 18.4 Å². The fourth-order valence-electron chi connectivity index (χ4n) is 2.28. The molecule has 0 bridgehead atoms. The smallest absolute Gasteiger partial charge is 0.254 e. The molecule has 2 aromatic carbocycles. The second kappa shape index (κ2) is 9.09. The van der Waals surface area contributed by atoms with Crippen molar-refractivity contribution in [2.75, 3.05) is 18.4 Å². The van der Waals surface area contributed by atoms with Crippen molar-refractivity contribution in [3.8, 4) is 0 Å². The van der Waals surface area contributed by atoms with Crippen LogP contribution in [0.25, 0.3) is 0 Å². The lowest BCUT2D eigenvalue weighted by Crippen LogP contribution is -2.38. The Morgan fingerprint density at radius 2 is 1.76 bits per heavy atom. The van der Waals surface area contributed by atoms with E-state index in [1.807, 2.05) is 6.92 Å². The average Bonchev–Trinajstić information content (AvgIpc) is 2.57. The predicted octanol–water partition coefficient (Wildman–Crippen LogP) is 5.14. The highest BCUT2D eigenvalue weighted by Crippen LogP contribution is 2.25. The molecule has 0 aliphatic heterocycles. The summed E-state index contributed by atoms with van der Waals surface area (Å²) in [5.74, 6) is -0.607. The molecule has 132 valence electrons. The SMILES string of the molecule is CCCN(CC(=O)Nc1cc(Cl)ccc1Cl)C(=O)c1cccc(Cl)c1. The third kappa shape index (κ3) is 5.63. The number of hydrogen-bond donors (Lipinski definition) is 1. The molecule has 0 heterocycles. The van der Waals surface area contributed by atoms with Crippen LogP contribution in [0.5, 0.6) is 0 Å². The van der Waals surface area contributed by atoms with Crippen molar-refractivity contribution < 1.29 is 9.59 Å². The largest absolute Gasteiger partial charge is 0.329 e. The third-order valence-corrected chi connectivity index (χ3v) is 4.19. The van der Waals surface area contributed by atoms with Gasteiger partial charge in [0.15, 0.2) is 0 Å². The molecule has 25 heavy (non-hydrogen) atoms. The monoisotopic (exact) mass is 398 g/mol. The zero-order valence-corrected chi connectivity index (χ0v) is 15.8. The first kappa shape index (κ1) is 19.6. The van der Waals surface area contributed by atoms with E-state index in [4.69, 9.17) is 34.8 Å². The van der Waals surface area contributed by atoms with Crippen molar-refractivity contribution in [1.29, 1.82) is 0 Å². The van der Waals surface area contributed by atoms with Crippen LogP contribution >= 0.6 is 34.8 Å². The molecule has 4 nitrogen and oxygen atoms in total. The van der Waals surface area contributed by atoms with Gasteiger partial charge in [-0.15, -0.1) is 0 Å². The summed E-state index contributed by atoms with van der Waals surface area (Å²) in [7, 11) is 0. The first-order valence-corrected chi connectivity index (χ1v) is 8.84. The molecule has 2 rings (SSSR count). The van der Waals surface area contributed by atoms with Crippen LogP contribution in [-0.2, 0) is 4.79 Å². The number of anilines is 1. The van der Waals surface area contributed by atoms with Crippen molar-refractivity contribution in [2.45, 2.75) is 13.3 Å². The molecular formula is C18H17Cl3N2O2.